The van der Waals surface area contributed by atoms with Crippen LogP contribution in [0, 0.1) is 23.3 Å². The Hall–Kier alpha value is -1.89. The predicted octanol–water partition coefficient (Wildman–Crippen LogP) is 3.44. The van der Waals surface area contributed by atoms with Crippen molar-refractivity contribution in [2.45, 2.75) is 12.8 Å². The quantitative estimate of drug-likeness (QED) is 0.751. The molecule has 0 aliphatic carbocycles. The maximum absolute atomic E-state index is 13.4. The van der Waals surface area contributed by atoms with Crippen molar-refractivity contribution in [3.05, 3.63) is 70.8 Å². The number of aryl methyl sites for hydroxylation is 2. The Labute approximate surface area is 131 Å². The SMILES string of the molecule is O=S(=O)(CCc1cc(F)ccc1F)CCc1cc(F)ccc1F. The number of halogens is 4. The van der Waals surface area contributed by atoms with E-state index in [0.29, 0.717) is 0 Å². The van der Waals surface area contributed by atoms with E-state index in [9.17, 15) is 26.0 Å². The molecule has 124 valence electrons. The van der Waals surface area contributed by atoms with E-state index in [2.05, 4.69) is 0 Å². The highest BCUT2D eigenvalue weighted by molar-refractivity contribution is 7.91. The third-order valence-corrected chi connectivity index (χ3v) is 5.03. The van der Waals surface area contributed by atoms with E-state index in [0.717, 1.165) is 36.4 Å². The zero-order valence-electron chi connectivity index (χ0n) is 12.0. The first-order valence-electron chi connectivity index (χ1n) is 6.85. The van der Waals surface area contributed by atoms with Crippen molar-refractivity contribution >= 4 is 9.84 Å². The molecule has 23 heavy (non-hydrogen) atoms. The molecule has 0 bridgehead atoms. The van der Waals surface area contributed by atoms with Crippen LogP contribution in [0.15, 0.2) is 36.4 Å². The van der Waals surface area contributed by atoms with Crippen LogP contribution < -0.4 is 0 Å². The molecule has 0 atom stereocenters. The Kier molecular flexibility index (Phi) is 5.41. The maximum atomic E-state index is 13.4. The zero-order valence-corrected chi connectivity index (χ0v) is 12.8. The summed E-state index contributed by atoms with van der Waals surface area (Å²) in [6, 6.07) is 5.63. The summed E-state index contributed by atoms with van der Waals surface area (Å²) in [5.74, 6) is -3.47. The van der Waals surface area contributed by atoms with Gasteiger partial charge in [0, 0.05) is 0 Å². The van der Waals surface area contributed by atoms with Crippen molar-refractivity contribution in [1.82, 2.24) is 0 Å². The average molecular weight is 346 g/mol. The fraction of sp³-hybridized carbons (Fsp3) is 0.250. The molecule has 0 spiro atoms. The molecule has 7 heteroatoms. The van der Waals surface area contributed by atoms with Crippen molar-refractivity contribution in [1.29, 1.82) is 0 Å². The normalized spacial score (nSPS) is 11.7. The molecule has 0 aliphatic heterocycles. The van der Waals surface area contributed by atoms with Gasteiger partial charge >= 0.3 is 0 Å². The van der Waals surface area contributed by atoms with Gasteiger partial charge in [-0.2, -0.15) is 0 Å². The van der Waals surface area contributed by atoms with Crippen molar-refractivity contribution < 1.29 is 26.0 Å². The highest BCUT2D eigenvalue weighted by Crippen LogP contribution is 2.14. The van der Waals surface area contributed by atoms with Gasteiger partial charge in [0.05, 0.1) is 11.5 Å². The van der Waals surface area contributed by atoms with Crippen molar-refractivity contribution in [3.8, 4) is 0 Å². The smallest absolute Gasteiger partial charge is 0.150 e. The molecule has 0 radical (unpaired) electrons. The van der Waals surface area contributed by atoms with Crippen molar-refractivity contribution in [2.75, 3.05) is 11.5 Å². The van der Waals surface area contributed by atoms with E-state index in [1.165, 1.54) is 0 Å². The van der Waals surface area contributed by atoms with Crippen LogP contribution in [-0.4, -0.2) is 19.9 Å². The second-order valence-electron chi connectivity index (χ2n) is 5.12. The fourth-order valence-corrected chi connectivity index (χ4v) is 3.37. The van der Waals surface area contributed by atoms with Gasteiger partial charge in [0.1, 0.15) is 23.3 Å². The van der Waals surface area contributed by atoms with Crippen LogP contribution in [0.2, 0.25) is 0 Å². The fourth-order valence-electron chi connectivity index (χ4n) is 2.10. The van der Waals surface area contributed by atoms with Crippen LogP contribution in [0.1, 0.15) is 11.1 Å². The average Bonchev–Trinajstić information content (AvgIpc) is 2.49. The second-order valence-corrected chi connectivity index (χ2v) is 7.43. The van der Waals surface area contributed by atoms with Crippen LogP contribution in [0.25, 0.3) is 0 Å². The van der Waals surface area contributed by atoms with Crippen LogP contribution in [0.5, 0.6) is 0 Å². The molecule has 0 N–H and O–H groups in total. The molecule has 0 fully saturated rings. The molecular weight excluding hydrogens is 332 g/mol. The number of rotatable bonds is 6. The Balaban J connectivity index is 1.99. The minimum Gasteiger partial charge on any atom is -0.229 e. The van der Waals surface area contributed by atoms with E-state index >= 15 is 0 Å². The molecule has 2 aromatic rings. The van der Waals surface area contributed by atoms with E-state index < -0.39 is 44.6 Å². The summed E-state index contributed by atoms with van der Waals surface area (Å²) in [7, 11) is -3.62. The lowest BCUT2D eigenvalue weighted by Gasteiger charge is -2.07. The van der Waals surface area contributed by atoms with Crippen molar-refractivity contribution in [2.24, 2.45) is 0 Å². The number of hydrogen-bond acceptors (Lipinski definition) is 2. The lowest BCUT2D eigenvalue weighted by Crippen LogP contribution is -2.16. The van der Waals surface area contributed by atoms with Crippen molar-refractivity contribution in [3.63, 3.8) is 0 Å². The molecule has 0 amide bonds. The Morgan fingerprint density at radius 3 is 1.48 bits per heavy atom. The molecule has 2 rings (SSSR count). The highest BCUT2D eigenvalue weighted by Gasteiger charge is 2.15. The minimum absolute atomic E-state index is 0.0366. The molecule has 2 aromatic carbocycles. The van der Waals surface area contributed by atoms with Gasteiger partial charge < -0.3 is 0 Å². The summed E-state index contributed by atoms with van der Waals surface area (Å²) in [5, 5.41) is 0. The molecule has 0 aromatic heterocycles. The van der Waals surface area contributed by atoms with Crippen LogP contribution in [0.4, 0.5) is 17.6 Å². The largest absolute Gasteiger partial charge is 0.229 e. The summed E-state index contributed by atoms with van der Waals surface area (Å²) in [6.07, 6.45) is -0.366. The summed E-state index contributed by atoms with van der Waals surface area (Å²) in [6.45, 7) is 0. The molecule has 0 saturated carbocycles. The second kappa shape index (κ2) is 7.12. The lowest BCUT2D eigenvalue weighted by molar-refractivity contribution is 0.577. The minimum atomic E-state index is -3.62. The van der Waals surface area contributed by atoms with E-state index in [-0.39, 0.29) is 24.0 Å². The van der Waals surface area contributed by atoms with E-state index in [1.807, 2.05) is 0 Å². The van der Waals surface area contributed by atoms with E-state index in [4.69, 9.17) is 0 Å². The highest BCUT2D eigenvalue weighted by atomic mass is 32.2. The van der Waals surface area contributed by atoms with Gasteiger partial charge in [-0.3, -0.25) is 0 Å². The number of benzene rings is 2. The summed E-state index contributed by atoms with van der Waals surface area (Å²) in [4.78, 5) is 0. The van der Waals surface area contributed by atoms with Crippen LogP contribution in [0.3, 0.4) is 0 Å². The summed E-state index contributed by atoms with van der Waals surface area (Å²) in [5.41, 5.74) is -0.0731. The van der Waals surface area contributed by atoms with Gasteiger partial charge in [-0.05, 0) is 60.4 Å². The Morgan fingerprint density at radius 1 is 0.696 bits per heavy atom. The monoisotopic (exact) mass is 346 g/mol. The van der Waals surface area contributed by atoms with Crippen LogP contribution >= 0.6 is 0 Å². The lowest BCUT2D eigenvalue weighted by atomic mass is 10.1. The van der Waals surface area contributed by atoms with Gasteiger partial charge in [-0.15, -0.1) is 0 Å². The molecule has 2 nitrogen and oxygen atoms in total. The molecule has 0 heterocycles. The van der Waals surface area contributed by atoms with Crippen LogP contribution in [-0.2, 0) is 22.7 Å². The first-order valence-corrected chi connectivity index (χ1v) is 8.67. The topological polar surface area (TPSA) is 34.1 Å². The molecular formula is C16H14F4O2S. The van der Waals surface area contributed by atoms with Gasteiger partial charge in [-0.25, -0.2) is 26.0 Å². The summed E-state index contributed by atoms with van der Waals surface area (Å²) < 4.78 is 76.8. The predicted molar refractivity (Wildman–Crippen MR) is 78.8 cm³/mol. The number of sulfone groups is 1. The Bertz CT molecular complexity index is 742. The van der Waals surface area contributed by atoms with Gasteiger partial charge in [0.15, 0.2) is 9.84 Å². The molecule has 0 aliphatic rings. The molecule has 0 saturated heterocycles. The number of hydrogen-bond donors (Lipinski definition) is 0. The summed E-state index contributed by atoms with van der Waals surface area (Å²) >= 11 is 0. The zero-order chi connectivity index (χ0) is 17.0. The third-order valence-electron chi connectivity index (χ3n) is 3.38. The molecule has 0 unspecified atom stereocenters. The Morgan fingerprint density at radius 2 is 1.09 bits per heavy atom. The van der Waals surface area contributed by atoms with E-state index in [1.54, 1.807) is 0 Å². The first-order chi connectivity index (χ1) is 10.8. The van der Waals surface area contributed by atoms with Gasteiger partial charge in [0.2, 0.25) is 0 Å². The maximum Gasteiger partial charge on any atom is 0.150 e. The first kappa shape index (κ1) is 17.5. The standard InChI is InChI=1S/C16H14F4O2S/c17-13-1-3-15(19)11(9-13)5-7-23(21,22)8-6-12-10-14(18)2-4-16(12)20/h1-4,9-10H,5-8H2. The van der Waals surface area contributed by atoms with Gasteiger partial charge in [-0.1, -0.05) is 0 Å². The third kappa shape index (κ3) is 5.06. The van der Waals surface area contributed by atoms with Gasteiger partial charge in [0.25, 0.3) is 0 Å².